The first-order valence-electron chi connectivity index (χ1n) is 7.73. The molecule has 0 fully saturated rings. The fraction of sp³-hybridized carbons (Fsp3) is 0. The Kier molecular flexibility index (Phi) is 5.14. The van der Waals surface area contributed by atoms with Crippen molar-refractivity contribution >= 4 is 22.6 Å². The van der Waals surface area contributed by atoms with Gasteiger partial charge in [0.15, 0.2) is 0 Å². The molecule has 0 bridgehead atoms. The van der Waals surface area contributed by atoms with Gasteiger partial charge < -0.3 is 0 Å². The maximum atomic E-state index is 14.2. The zero-order valence-corrected chi connectivity index (χ0v) is 13.9. The zero-order valence-electron chi connectivity index (χ0n) is 13.9. The van der Waals surface area contributed by atoms with Gasteiger partial charge in [0.25, 0.3) is 0 Å². The minimum Gasteiger partial charge on any atom is -0.207 e. The second-order valence-corrected chi connectivity index (χ2v) is 5.56. The highest BCUT2D eigenvalue weighted by atomic mass is 19.1. The predicted molar refractivity (Wildman–Crippen MR) is 94.8 cm³/mol. The van der Waals surface area contributed by atoms with E-state index in [2.05, 4.69) is 9.98 Å². The van der Waals surface area contributed by atoms with Crippen molar-refractivity contribution in [3.63, 3.8) is 0 Å². The highest BCUT2D eigenvalue weighted by Gasteiger charge is 2.24. The first-order chi connectivity index (χ1) is 13.4. The quantitative estimate of drug-likeness (QED) is 0.435. The highest BCUT2D eigenvalue weighted by molar-refractivity contribution is 6.46. The third kappa shape index (κ3) is 3.57. The van der Waals surface area contributed by atoms with Crippen molar-refractivity contribution in [2.75, 3.05) is 0 Å². The Morgan fingerprint density at radius 2 is 1.04 bits per heavy atom. The maximum absolute atomic E-state index is 14.2. The van der Waals surface area contributed by atoms with Gasteiger partial charge in [-0.2, -0.15) is 20.5 Å². The summed E-state index contributed by atoms with van der Waals surface area (Å²) in [6.07, 6.45) is 5.58. The number of hydrogen-bond donors (Lipinski definition) is 0. The van der Waals surface area contributed by atoms with Crippen molar-refractivity contribution in [3.05, 3.63) is 82.9 Å². The van der Waals surface area contributed by atoms with Gasteiger partial charge in [-0.15, -0.1) is 0 Å². The number of aliphatic imine (C=N–C) groups is 2. The van der Waals surface area contributed by atoms with Crippen LogP contribution in [0.25, 0.3) is 11.1 Å². The van der Waals surface area contributed by atoms with Crippen LogP contribution < -0.4 is 0 Å². The molecule has 0 aromatic heterocycles. The molecule has 3 rings (SSSR count). The van der Waals surface area contributed by atoms with Crippen LogP contribution in [0.3, 0.4) is 0 Å². The summed E-state index contributed by atoms with van der Waals surface area (Å²) >= 11 is 0. The summed E-state index contributed by atoms with van der Waals surface area (Å²) in [5, 5.41) is 17.9. The molecule has 1 aliphatic carbocycles. The summed E-state index contributed by atoms with van der Waals surface area (Å²) in [4.78, 5) is 7.21. The van der Waals surface area contributed by atoms with Crippen LogP contribution in [-0.4, -0.2) is 11.4 Å². The molecule has 0 spiro atoms. The summed E-state index contributed by atoms with van der Waals surface area (Å²) in [5.74, 6) is -3.44. The van der Waals surface area contributed by atoms with Gasteiger partial charge in [0, 0.05) is 34.4 Å². The van der Waals surface area contributed by atoms with Crippen LogP contribution in [-0.2, 0) is 0 Å². The molecule has 0 unspecified atom stereocenters. The average Bonchev–Trinajstić information content (AvgIpc) is 2.64. The minimum absolute atomic E-state index is 0.0522. The average molecular weight is 380 g/mol. The maximum Gasteiger partial charge on any atom is 0.206 e. The first-order valence-corrected chi connectivity index (χ1v) is 7.73. The molecule has 0 amide bonds. The number of halogens is 4. The summed E-state index contributed by atoms with van der Waals surface area (Å²) in [6, 6.07) is 5.63. The van der Waals surface area contributed by atoms with Crippen LogP contribution in [0, 0.1) is 46.2 Å². The smallest absolute Gasteiger partial charge is 0.206 e. The normalized spacial score (nSPS) is 16.4. The van der Waals surface area contributed by atoms with Crippen molar-refractivity contribution in [1.29, 1.82) is 10.5 Å². The Morgan fingerprint density at radius 1 is 0.643 bits per heavy atom. The summed E-state index contributed by atoms with van der Waals surface area (Å²) in [5.41, 5.74) is -0.169. The van der Waals surface area contributed by atoms with Gasteiger partial charge in [0.2, 0.25) is 12.4 Å². The number of nitriles is 2. The van der Waals surface area contributed by atoms with E-state index in [9.17, 15) is 17.6 Å². The zero-order chi connectivity index (χ0) is 20.3. The lowest BCUT2D eigenvalue weighted by molar-refractivity contribution is 0.580. The first kappa shape index (κ1) is 18.7. The molecule has 1 aliphatic rings. The van der Waals surface area contributed by atoms with Crippen molar-refractivity contribution in [3.8, 4) is 12.4 Å². The van der Waals surface area contributed by atoms with Crippen LogP contribution in [0.5, 0.6) is 0 Å². The lowest BCUT2D eigenvalue weighted by Gasteiger charge is -2.18. The van der Waals surface area contributed by atoms with Gasteiger partial charge in [-0.1, -0.05) is 0 Å². The molecule has 4 nitrogen and oxygen atoms in total. The molecule has 28 heavy (non-hydrogen) atoms. The second kappa shape index (κ2) is 7.68. The summed E-state index contributed by atoms with van der Waals surface area (Å²) < 4.78 is 54.9. The lowest BCUT2D eigenvalue weighted by atomic mass is 9.87. The lowest BCUT2D eigenvalue weighted by Crippen LogP contribution is -2.14. The Labute approximate surface area is 156 Å². The molecule has 0 heterocycles. The van der Waals surface area contributed by atoms with Gasteiger partial charge in [-0.05, 0) is 36.4 Å². The van der Waals surface area contributed by atoms with E-state index in [4.69, 9.17) is 10.5 Å². The van der Waals surface area contributed by atoms with E-state index in [1.165, 1.54) is 12.2 Å². The molecule has 0 atom stereocenters. The van der Waals surface area contributed by atoms with E-state index < -0.39 is 23.3 Å². The van der Waals surface area contributed by atoms with Gasteiger partial charge >= 0.3 is 0 Å². The molecule has 0 aliphatic heterocycles. The third-order valence-electron chi connectivity index (χ3n) is 3.90. The SMILES string of the molecule is N#CN=C1C=C(c2ccc(F)cc2F)C(=NC#N)C=C1c1ccc(F)cc1F. The standard InChI is InChI=1S/C20H8F4N4/c21-11-1-3-13(17(23)5-11)15-7-20(28-10-26)16(8-19(15)27-9-25)14-4-2-12(22)6-18(14)24/h1-8H. The van der Waals surface area contributed by atoms with Crippen LogP contribution >= 0.6 is 0 Å². The predicted octanol–water partition coefficient (Wildman–Crippen LogP) is 4.57. The Hall–Kier alpha value is -4.04. The van der Waals surface area contributed by atoms with Crippen molar-refractivity contribution < 1.29 is 17.6 Å². The third-order valence-corrected chi connectivity index (χ3v) is 3.90. The highest BCUT2D eigenvalue weighted by Crippen LogP contribution is 2.31. The number of allylic oxidation sites excluding steroid dienone is 4. The molecule has 2 aromatic rings. The molecule has 136 valence electrons. The summed E-state index contributed by atoms with van der Waals surface area (Å²) in [7, 11) is 0. The van der Waals surface area contributed by atoms with E-state index in [0.717, 1.165) is 24.3 Å². The van der Waals surface area contributed by atoms with Crippen LogP contribution in [0.2, 0.25) is 0 Å². The molecule has 0 saturated heterocycles. The largest absolute Gasteiger partial charge is 0.207 e. The van der Waals surface area contributed by atoms with Crippen LogP contribution in [0.4, 0.5) is 17.6 Å². The minimum atomic E-state index is -0.919. The van der Waals surface area contributed by atoms with E-state index in [-0.39, 0.29) is 33.7 Å². The van der Waals surface area contributed by atoms with Gasteiger partial charge in [0.1, 0.15) is 23.3 Å². The van der Waals surface area contributed by atoms with E-state index in [0.29, 0.717) is 12.1 Å². The van der Waals surface area contributed by atoms with Crippen LogP contribution in [0.15, 0.2) is 58.5 Å². The number of nitrogens with zero attached hydrogens (tertiary/aromatic N) is 4. The van der Waals surface area contributed by atoms with Crippen LogP contribution in [0.1, 0.15) is 11.1 Å². The number of hydrogen-bond acceptors (Lipinski definition) is 4. The fourth-order valence-corrected chi connectivity index (χ4v) is 2.72. The molecule has 0 radical (unpaired) electrons. The molecule has 2 aromatic carbocycles. The molecule has 0 saturated carbocycles. The Balaban J connectivity index is 2.24. The number of benzene rings is 2. The van der Waals surface area contributed by atoms with Crippen molar-refractivity contribution in [2.24, 2.45) is 9.98 Å². The molecular formula is C20H8F4N4. The van der Waals surface area contributed by atoms with Crippen molar-refractivity contribution in [2.45, 2.75) is 0 Å². The Morgan fingerprint density at radius 3 is 1.36 bits per heavy atom. The second-order valence-electron chi connectivity index (χ2n) is 5.56. The van der Waals surface area contributed by atoms with Gasteiger partial charge in [-0.3, -0.25) is 0 Å². The van der Waals surface area contributed by atoms with Gasteiger partial charge in [-0.25, -0.2) is 17.6 Å². The van der Waals surface area contributed by atoms with E-state index >= 15 is 0 Å². The number of rotatable bonds is 2. The molecule has 8 heteroatoms. The molecular weight excluding hydrogens is 372 g/mol. The van der Waals surface area contributed by atoms with E-state index in [1.807, 2.05) is 0 Å². The van der Waals surface area contributed by atoms with Gasteiger partial charge in [0.05, 0.1) is 11.4 Å². The Bertz CT molecular complexity index is 1080. The van der Waals surface area contributed by atoms with Crippen molar-refractivity contribution in [1.82, 2.24) is 0 Å². The fourth-order valence-electron chi connectivity index (χ4n) is 2.72. The summed E-state index contributed by atoms with van der Waals surface area (Å²) in [6.45, 7) is 0. The van der Waals surface area contributed by atoms with E-state index in [1.54, 1.807) is 12.4 Å². The topological polar surface area (TPSA) is 72.3 Å². The molecule has 0 N–H and O–H groups in total. The monoisotopic (exact) mass is 380 g/mol.